The van der Waals surface area contributed by atoms with Crippen molar-refractivity contribution in [3.8, 4) is 0 Å². The lowest BCUT2D eigenvalue weighted by atomic mass is 9.78. The number of hydrogen-bond donors (Lipinski definition) is 2. The maximum Gasteiger partial charge on any atom is 0.258 e. The highest BCUT2D eigenvalue weighted by atomic mass is 32.1. The predicted molar refractivity (Wildman–Crippen MR) is 151 cm³/mol. The number of nitrogens with one attached hydrogen (secondary N) is 2. The number of fused-ring (bicyclic) bond motifs is 5. The molecule has 0 unspecified atom stereocenters. The lowest BCUT2D eigenvalue weighted by Gasteiger charge is -2.38. The van der Waals surface area contributed by atoms with Crippen LogP contribution in [0.15, 0.2) is 35.3 Å². The molecule has 3 fully saturated rings. The van der Waals surface area contributed by atoms with Crippen LogP contribution in [0.25, 0.3) is 26.1 Å². The van der Waals surface area contributed by atoms with E-state index in [1.807, 2.05) is 28.7 Å². The SMILES string of the molecule is CN1CCC(NC(=O)c2c(=O)c3cnc(N4CCC5(CCNC5)CC4)nc3n3c2sc2ccccc23)CC1. The Morgan fingerprint density at radius 2 is 1.92 bits per heavy atom. The zero-order valence-corrected chi connectivity index (χ0v) is 22.5. The lowest BCUT2D eigenvalue weighted by Crippen LogP contribution is -2.44. The first-order valence-corrected chi connectivity index (χ1v) is 14.5. The lowest BCUT2D eigenvalue weighted by molar-refractivity contribution is 0.0917. The summed E-state index contributed by atoms with van der Waals surface area (Å²) >= 11 is 1.48. The molecule has 4 aromatic rings. The van der Waals surface area contributed by atoms with Gasteiger partial charge in [0.15, 0.2) is 5.65 Å². The van der Waals surface area contributed by atoms with E-state index in [2.05, 4.69) is 32.5 Å². The summed E-state index contributed by atoms with van der Waals surface area (Å²) in [7, 11) is 2.09. The van der Waals surface area contributed by atoms with Gasteiger partial charge < -0.3 is 20.4 Å². The predicted octanol–water partition coefficient (Wildman–Crippen LogP) is 2.86. The number of hydrogen-bond acceptors (Lipinski definition) is 8. The van der Waals surface area contributed by atoms with Gasteiger partial charge in [-0.3, -0.25) is 14.0 Å². The number of anilines is 1. The van der Waals surface area contributed by atoms with E-state index in [0.29, 0.717) is 27.2 Å². The summed E-state index contributed by atoms with van der Waals surface area (Å²) in [6.45, 7) is 5.89. The number of nitrogens with zero attached hydrogens (tertiary/aromatic N) is 5. The van der Waals surface area contributed by atoms with Gasteiger partial charge in [-0.25, -0.2) is 4.98 Å². The standard InChI is InChI=1S/C28H33N7O2S/c1-33-12-6-18(7-13-33)31-25(37)22-23(36)19-16-30-27(34-14-9-28(10-15-34)8-11-29-17-28)32-24(19)35-20-4-2-3-5-21(20)38-26(22)35/h2-5,16,18,29H,6-15,17H2,1H3,(H,31,37). The van der Waals surface area contributed by atoms with Crippen LogP contribution in [0.4, 0.5) is 5.95 Å². The van der Waals surface area contributed by atoms with E-state index in [4.69, 9.17) is 4.98 Å². The number of thiazole rings is 1. The fraction of sp³-hybridized carbons (Fsp3) is 0.500. The van der Waals surface area contributed by atoms with Crippen molar-refractivity contribution in [3.63, 3.8) is 0 Å². The molecule has 0 aliphatic carbocycles. The Morgan fingerprint density at radius 1 is 1.13 bits per heavy atom. The van der Waals surface area contributed by atoms with Gasteiger partial charge >= 0.3 is 0 Å². The third-order valence-electron chi connectivity index (χ3n) is 8.89. The average Bonchev–Trinajstić information content (AvgIpc) is 3.55. The van der Waals surface area contributed by atoms with Crippen LogP contribution >= 0.6 is 11.3 Å². The van der Waals surface area contributed by atoms with Gasteiger partial charge in [-0.2, -0.15) is 4.98 Å². The molecule has 3 aliphatic heterocycles. The van der Waals surface area contributed by atoms with Crippen LogP contribution in [0, 0.1) is 5.41 Å². The van der Waals surface area contributed by atoms with Crippen LogP contribution in [-0.2, 0) is 0 Å². The number of carbonyl (C=O) groups is 1. The molecule has 3 aliphatic rings. The minimum absolute atomic E-state index is 0.0688. The van der Waals surface area contributed by atoms with E-state index in [1.54, 1.807) is 6.20 Å². The monoisotopic (exact) mass is 531 g/mol. The van der Waals surface area contributed by atoms with Crippen LogP contribution in [0.1, 0.15) is 42.5 Å². The normalized spacial score (nSPS) is 20.7. The third kappa shape index (κ3) is 3.97. The molecule has 0 bridgehead atoms. The molecule has 6 heterocycles. The molecule has 0 saturated carbocycles. The molecule has 10 heteroatoms. The van der Waals surface area contributed by atoms with Crippen LogP contribution < -0.4 is 21.0 Å². The Balaban J connectivity index is 1.32. The molecule has 2 N–H and O–H groups in total. The number of likely N-dealkylation sites (tertiary alicyclic amines) is 1. The maximum absolute atomic E-state index is 13.8. The number of amides is 1. The van der Waals surface area contributed by atoms with Gasteiger partial charge in [0.05, 0.1) is 15.6 Å². The van der Waals surface area contributed by atoms with Gasteiger partial charge in [-0.05, 0) is 76.3 Å². The van der Waals surface area contributed by atoms with E-state index in [-0.39, 0.29) is 22.9 Å². The van der Waals surface area contributed by atoms with Crippen molar-refractivity contribution in [2.24, 2.45) is 5.41 Å². The van der Waals surface area contributed by atoms with Gasteiger partial charge in [-0.1, -0.05) is 12.1 Å². The van der Waals surface area contributed by atoms with Crippen LogP contribution in [0.5, 0.6) is 0 Å². The number of aromatic nitrogens is 3. The minimum atomic E-state index is -0.300. The van der Waals surface area contributed by atoms with Crippen molar-refractivity contribution < 1.29 is 4.79 Å². The molecule has 0 radical (unpaired) electrons. The summed E-state index contributed by atoms with van der Waals surface area (Å²) in [6, 6.07) is 8.10. The van der Waals surface area contributed by atoms with Crippen molar-refractivity contribution in [3.05, 3.63) is 46.2 Å². The van der Waals surface area contributed by atoms with Crippen LogP contribution in [-0.4, -0.2) is 77.5 Å². The number of rotatable bonds is 3. The molecule has 3 aromatic heterocycles. The largest absolute Gasteiger partial charge is 0.349 e. The molecule has 3 saturated heterocycles. The fourth-order valence-corrected chi connectivity index (χ4v) is 7.64. The number of benzene rings is 1. The topological polar surface area (TPSA) is 94.9 Å². The van der Waals surface area contributed by atoms with Gasteiger partial charge in [0.1, 0.15) is 10.4 Å². The average molecular weight is 532 g/mol. The Kier molecular flexibility index (Phi) is 5.86. The fourth-order valence-electron chi connectivity index (χ4n) is 6.45. The second-order valence-electron chi connectivity index (χ2n) is 11.3. The van der Waals surface area contributed by atoms with E-state index in [9.17, 15) is 9.59 Å². The first-order chi connectivity index (χ1) is 18.5. The zero-order valence-electron chi connectivity index (χ0n) is 21.7. The summed E-state index contributed by atoms with van der Waals surface area (Å²) in [4.78, 5) is 42.2. The third-order valence-corrected chi connectivity index (χ3v) is 10.0. The number of pyridine rings is 1. The minimum Gasteiger partial charge on any atom is -0.349 e. The Morgan fingerprint density at radius 3 is 2.68 bits per heavy atom. The highest BCUT2D eigenvalue weighted by Crippen LogP contribution is 2.38. The molecule has 9 nitrogen and oxygen atoms in total. The van der Waals surface area contributed by atoms with Crippen LogP contribution in [0.2, 0.25) is 0 Å². The molecule has 38 heavy (non-hydrogen) atoms. The Hall–Kier alpha value is -3.08. The van der Waals surface area contributed by atoms with E-state index >= 15 is 0 Å². The molecular weight excluding hydrogens is 498 g/mol. The summed E-state index contributed by atoms with van der Waals surface area (Å²) in [6.07, 6.45) is 6.87. The number of para-hydroxylation sites is 1. The van der Waals surface area contributed by atoms with Crippen molar-refractivity contribution in [1.82, 2.24) is 29.9 Å². The van der Waals surface area contributed by atoms with Gasteiger partial charge in [0.2, 0.25) is 11.4 Å². The summed E-state index contributed by atoms with van der Waals surface area (Å²) < 4.78 is 3.01. The number of carbonyl (C=O) groups excluding carboxylic acids is 1. The van der Waals surface area contributed by atoms with E-state index in [1.165, 1.54) is 17.8 Å². The molecule has 0 atom stereocenters. The van der Waals surface area contributed by atoms with Crippen molar-refractivity contribution in [1.29, 1.82) is 0 Å². The van der Waals surface area contributed by atoms with Crippen molar-refractivity contribution in [2.45, 2.75) is 38.1 Å². The van der Waals surface area contributed by atoms with Crippen molar-refractivity contribution in [2.75, 3.05) is 51.2 Å². The quantitative estimate of drug-likeness (QED) is 0.420. The van der Waals surface area contributed by atoms with Crippen LogP contribution in [0.3, 0.4) is 0 Å². The Bertz CT molecular complexity index is 1590. The highest BCUT2D eigenvalue weighted by molar-refractivity contribution is 7.24. The first kappa shape index (κ1) is 24.0. The Labute approximate surface area is 224 Å². The smallest absolute Gasteiger partial charge is 0.258 e. The second kappa shape index (κ2) is 9.29. The highest BCUT2D eigenvalue weighted by Gasteiger charge is 2.37. The van der Waals surface area contributed by atoms with Crippen molar-refractivity contribution >= 4 is 49.3 Å². The zero-order chi connectivity index (χ0) is 25.9. The second-order valence-corrected chi connectivity index (χ2v) is 12.3. The summed E-state index contributed by atoms with van der Waals surface area (Å²) in [5.74, 6) is 0.358. The molecule has 198 valence electrons. The van der Waals surface area contributed by atoms with E-state index < -0.39 is 0 Å². The van der Waals surface area contributed by atoms with Gasteiger partial charge in [-0.15, -0.1) is 11.3 Å². The molecular formula is C28H33N7O2S. The molecule has 7 rings (SSSR count). The summed E-state index contributed by atoms with van der Waals surface area (Å²) in [5.41, 5.74) is 1.83. The van der Waals surface area contributed by atoms with Gasteiger partial charge in [0.25, 0.3) is 5.91 Å². The summed E-state index contributed by atoms with van der Waals surface area (Å²) in [5, 5.41) is 7.07. The maximum atomic E-state index is 13.8. The molecule has 1 amide bonds. The number of piperidine rings is 2. The molecule has 1 aromatic carbocycles. The molecule has 1 spiro atoms. The van der Waals surface area contributed by atoms with E-state index in [0.717, 1.165) is 75.2 Å². The first-order valence-electron chi connectivity index (χ1n) is 13.7. The van der Waals surface area contributed by atoms with Gasteiger partial charge in [0, 0.05) is 31.9 Å².